The average molecular weight is 252 g/mol. The summed E-state index contributed by atoms with van der Waals surface area (Å²) < 4.78 is 4.97. The SMILES string of the molecule is CCC(CN)CC(=O)Nc1ccc(OC)cc1O. The number of carbonyl (C=O) groups is 1. The van der Waals surface area contributed by atoms with E-state index in [2.05, 4.69) is 5.32 Å². The summed E-state index contributed by atoms with van der Waals surface area (Å²) in [6.07, 6.45) is 1.22. The second-order valence-corrected chi connectivity index (χ2v) is 4.15. The molecular weight excluding hydrogens is 232 g/mol. The van der Waals surface area contributed by atoms with Crippen LogP contribution in [0.5, 0.6) is 11.5 Å². The molecule has 1 aromatic rings. The molecule has 5 nitrogen and oxygen atoms in total. The number of methoxy groups -OCH3 is 1. The van der Waals surface area contributed by atoms with Gasteiger partial charge in [0.25, 0.3) is 0 Å². The fourth-order valence-electron chi connectivity index (χ4n) is 1.60. The number of hydrogen-bond acceptors (Lipinski definition) is 4. The molecule has 1 rings (SSSR count). The van der Waals surface area contributed by atoms with Crippen molar-refractivity contribution < 1.29 is 14.6 Å². The van der Waals surface area contributed by atoms with Crippen LogP contribution in [0, 0.1) is 5.92 Å². The Kier molecular flexibility index (Phi) is 5.45. The normalized spacial score (nSPS) is 11.9. The Labute approximate surface area is 107 Å². The lowest BCUT2D eigenvalue weighted by Crippen LogP contribution is -2.21. The van der Waals surface area contributed by atoms with Gasteiger partial charge in [0.05, 0.1) is 12.8 Å². The Morgan fingerprint density at radius 3 is 2.78 bits per heavy atom. The second-order valence-electron chi connectivity index (χ2n) is 4.15. The summed E-state index contributed by atoms with van der Waals surface area (Å²) in [6, 6.07) is 4.74. The van der Waals surface area contributed by atoms with Crippen LogP contribution in [-0.4, -0.2) is 24.7 Å². The molecule has 0 saturated carbocycles. The summed E-state index contributed by atoms with van der Waals surface area (Å²) in [5.41, 5.74) is 5.93. The van der Waals surface area contributed by atoms with E-state index in [1.54, 1.807) is 12.1 Å². The first-order chi connectivity index (χ1) is 8.60. The highest BCUT2D eigenvalue weighted by Crippen LogP contribution is 2.28. The van der Waals surface area contributed by atoms with Gasteiger partial charge in [-0.2, -0.15) is 0 Å². The fraction of sp³-hybridized carbons (Fsp3) is 0.462. The number of nitrogens with two attached hydrogens (primary N) is 1. The second kappa shape index (κ2) is 6.86. The molecule has 1 atom stereocenters. The Balaban J connectivity index is 2.64. The van der Waals surface area contributed by atoms with Crippen LogP contribution in [-0.2, 0) is 4.79 Å². The van der Waals surface area contributed by atoms with E-state index in [4.69, 9.17) is 10.5 Å². The van der Waals surface area contributed by atoms with Crippen molar-refractivity contribution in [3.63, 3.8) is 0 Å². The van der Waals surface area contributed by atoms with Crippen molar-refractivity contribution in [3.05, 3.63) is 18.2 Å². The van der Waals surface area contributed by atoms with Gasteiger partial charge in [-0.1, -0.05) is 13.3 Å². The van der Waals surface area contributed by atoms with Crippen LogP contribution in [0.25, 0.3) is 0 Å². The Morgan fingerprint density at radius 2 is 2.28 bits per heavy atom. The summed E-state index contributed by atoms with van der Waals surface area (Å²) in [4.78, 5) is 11.7. The molecule has 100 valence electrons. The zero-order valence-electron chi connectivity index (χ0n) is 10.8. The minimum atomic E-state index is -0.146. The Hall–Kier alpha value is -1.75. The Bertz CT molecular complexity index is 403. The highest BCUT2D eigenvalue weighted by atomic mass is 16.5. The molecule has 0 aliphatic carbocycles. The van der Waals surface area contributed by atoms with Crippen LogP contribution in [0.2, 0.25) is 0 Å². The molecule has 0 spiro atoms. The predicted octanol–water partition coefficient (Wildman–Crippen LogP) is 1.71. The van der Waals surface area contributed by atoms with E-state index in [0.29, 0.717) is 24.4 Å². The summed E-state index contributed by atoms with van der Waals surface area (Å²) >= 11 is 0. The van der Waals surface area contributed by atoms with Gasteiger partial charge in [0.15, 0.2) is 0 Å². The third-order valence-electron chi connectivity index (χ3n) is 2.86. The van der Waals surface area contributed by atoms with E-state index >= 15 is 0 Å². The number of rotatable bonds is 6. The molecule has 18 heavy (non-hydrogen) atoms. The van der Waals surface area contributed by atoms with Crippen molar-refractivity contribution >= 4 is 11.6 Å². The van der Waals surface area contributed by atoms with Gasteiger partial charge in [-0.25, -0.2) is 0 Å². The maximum Gasteiger partial charge on any atom is 0.224 e. The zero-order valence-corrected chi connectivity index (χ0v) is 10.8. The zero-order chi connectivity index (χ0) is 13.5. The van der Waals surface area contributed by atoms with E-state index in [1.807, 2.05) is 6.92 Å². The molecule has 0 aliphatic heterocycles. The molecule has 1 amide bonds. The highest BCUT2D eigenvalue weighted by molar-refractivity contribution is 5.92. The standard InChI is InChI=1S/C13H20N2O3/c1-3-9(8-14)6-13(17)15-11-5-4-10(18-2)7-12(11)16/h4-5,7,9,16H,3,6,8,14H2,1-2H3,(H,15,17). The van der Waals surface area contributed by atoms with Gasteiger partial charge in [0.2, 0.25) is 5.91 Å². The lowest BCUT2D eigenvalue weighted by atomic mass is 10.0. The lowest BCUT2D eigenvalue weighted by Gasteiger charge is -2.13. The molecule has 0 radical (unpaired) electrons. The van der Waals surface area contributed by atoms with Crippen LogP contribution >= 0.6 is 0 Å². The minimum absolute atomic E-state index is 0.0107. The summed E-state index contributed by atoms with van der Waals surface area (Å²) in [5.74, 6) is 0.556. The van der Waals surface area contributed by atoms with Gasteiger partial charge in [-0.15, -0.1) is 0 Å². The van der Waals surface area contributed by atoms with Crippen molar-refractivity contribution in [1.82, 2.24) is 0 Å². The van der Waals surface area contributed by atoms with E-state index in [-0.39, 0.29) is 17.6 Å². The van der Waals surface area contributed by atoms with E-state index < -0.39 is 0 Å². The third kappa shape index (κ3) is 3.92. The van der Waals surface area contributed by atoms with Crippen LogP contribution < -0.4 is 15.8 Å². The van der Waals surface area contributed by atoms with Gasteiger partial charge < -0.3 is 20.9 Å². The largest absolute Gasteiger partial charge is 0.506 e. The van der Waals surface area contributed by atoms with Crippen molar-refractivity contribution in [2.45, 2.75) is 19.8 Å². The topological polar surface area (TPSA) is 84.6 Å². The number of ether oxygens (including phenoxy) is 1. The van der Waals surface area contributed by atoms with Gasteiger partial charge in [0, 0.05) is 12.5 Å². The van der Waals surface area contributed by atoms with Crippen molar-refractivity contribution in [2.75, 3.05) is 19.0 Å². The van der Waals surface area contributed by atoms with Crippen molar-refractivity contribution in [1.29, 1.82) is 0 Å². The summed E-state index contributed by atoms with van der Waals surface area (Å²) in [5, 5.41) is 12.4. The maximum absolute atomic E-state index is 11.7. The summed E-state index contributed by atoms with van der Waals surface area (Å²) in [7, 11) is 1.51. The van der Waals surface area contributed by atoms with E-state index in [9.17, 15) is 9.90 Å². The molecule has 0 fully saturated rings. The quantitative estimate of drug-likeness (QED) is 0.673. The van der Waals surface area contributed by atoms with Gasteiger partial charge in [0.1, 0.15) is 11.5 Å². The van der Waals surface area contributed by atoms with Gasteiger partial charge >= 0.3 is 0 Å². The first-order valence-corrected chi connectivity index (χ1v) is 5.97. The van der Waals surface area contributed by atoms with Crippen molar-refractivity contribution in [3.8, 4) is 11.5 Å². The molecule has 0 aromatic heterocycles. The first-order valence-electron chi connectivity index (χ1n) is 5.97. The molecule has 4 N–H and O–H groups in total. The molecular formula is C13H20N2O3. The van der Waals surface area contributed by atoms with E-state index in [1.165, 1.54) is 13.2 Å². The predicted molar refractivity (Wildman–Crippen MR) is 70.7 cm³/mol. The highest BCUT2D eigenvalue weighted by Gasteiger charge is 2.12. The average Bonchev–Trinajstić information content (AvgIpc) is 2.38. The lowest BCUT2D eigenvalue weighted by molar-refractivity contribution is -0.117. The Morgan fingerprint density at radius 1 is 1.56 bits per heavy atom. The van der Waals surface area contributed by atoms with Crippen LogP contribution in [0.1, 0.15) is 19.8 Å². The number of phenols is 1. The van der Waals surface area contributed by atoms with Gasteiger partial charge in [-0.05, 0) is 24.6 Å². The van der Waals surface area contributed by atoms with E-state index in [0.717, 1.165) is 6.42 Å². The first kappa shape index (κ1) is 14.3. The number of carbonyl (C=O) groups excluding carboxylic acids is 1. The number of phenolic OH excluding ortho intramolecular Hbond substituents is 1. The molecule has 1 aromatic carbocycles. The van der Waals surface area contributed by atoms with Crippen LogP contribution in [0.3, 0.4) is 0 Å². The van der Waals surface area contributed by atoms with Gasteiger partial charge in [-0.3, -0.25) is 4.79 Å². The maximum atomic E-state index is 11.7. The number of nitrogens with one attached hydrogen (secondary N) is 1. The number of amides is 1. The molecule has 0 aliphatic rings. The number of benzene rings is 1. The molecule has 1 unspecified atom stereocenters. The number of anilines is 1. The monoisotopic (exact) mass is 252 g/mol. The van der Waals surface area contributed by atoms with Crippen LogP contribution in [0.4, 0.5) is 5.69 Å². The van der Waals surface area contributed by atoms with Crippen molar-refractivity contribution in [2.24, 2.45) is 11.7 Å². The molecule has 0 saturated heterocycles. The summed E-state index contributed by atoms with van der Waals surface area (Å²) in [6.45, 7) is 2.48. The third-order valence-corrected chi connectivity index (χ3v) is 2.86. The molecule has 5 heteroatoms. The number of hydrogen-bond donors (Lipinski definition) is 3. The molecule has 0 heterocycles. The fourth-order valence-corrected chi connectivity index (χ4v) is 1.60. The molecule has 0 bridgehead atoms. The number of aromatic hydroxyl groups is 1. The smallest absolute Gasteiger partial charge is 0.224 e. The minimum Gasteiger partial charge on any atom is -0.506 e. The van der Waals surface area contributed by atoms with Crippen LogP contribution in [0.15, 0.2) is 18.2 Å².